The van der Waals surface area contributed by atoms with Crippen molar-refractivity contribution in [3.8, 4) is 0 Å². The Hall–Kier alpha value is -2.76. The molecule has 1 aromatic heterocycles. The predicted octanol–water partition coefficient (Wildman–Crippen LogP) is 0.767. The number of piperazine rings is 1. The molecule has 0 radical (unpaired) electrons. The molecule has 3 aliphatic rings. The third-order valence-corrected chi connectivity index (χ3v) is 7.42. The molecule has 2 fully saturated rings. The Balaban J connectivity index is 1.26. The van der Waals surface area contributed by atoms with Crippen LogP contribution in [-0.4, -0.2) is 81.6 Å². The maximum Gasteiger partial charge on any atom is 0.353 e. The number of nitrogens with two attached hydrogens (primary N) is 2. The molecule has 2 aliphatic carbocycles. The molecule has 3 atom stereocenters. The topological polar surface area (TPSA) is 152 Å². The molecule has 1 unspecified atom stereocenters. The second-order valence-electron chi connectivity index (χ2n) is 10.9. The number of hydrogen-bond acceptors (Lipinski definition) is 7. The number of aromatic nitrogens is 2. The Bertz CT molecular complexity index is 1040. The predicted molar refractivity (Wildman–Crippen MR) is 139 cm³/mol. The number of rotatable bonds is 6. The summed E-state index contributed by atoms with van der Waals surface area (Å²) >= 11 is 0. The number of carbonyl (C=O) groups excluding carboxylic acids is 2. The van der Waals surface area contributed by atoms with Crippen LogP contribution < -0.4 is 27.8 Å². The molecule has 198 valence electrons. The molecule has 1 aliphatic heterocycles. The fourth-order valence-corrected chi connectivity index (χ4v) is 5.21. The molecule has 2 heterocycles. The average molecular weight is 501 g/mol. The monoisotopic (exact) mass is 500 g/mol. The Morgan fingerprint density at radius 1 is 1.14 bits per heavy atom. The van der Waals surface area contributed by atoms with Crippen LogP contribution in [-0.2, 0) is 4.79 Å². The van der Waals surface area contributed by atoms with Gasteiger partial charge >= 0.3 is 11.7 Å². The average Bonchev–Trinajstić information content (AvgIpc) is 3.27. The van der Waals surface area contributed by atoms with Crippen molar-refractivity contribution >= 4 is 23.5 Å². The summed E-state index contributed by atoms with van der Waals surface area (Å²) in [5.41, 5.74) is 11.5. The van der Waals surface area contributed by atoms with E-state index in [9.17, 15) is 14.4 Å². The maximum atomic E-state index is 12.7. The van der Waals surface area contributed by atoms with Gasteiger partial charge in [-0.25, -0.2) is 9.59 Å². The van der Waals surface area contributed by atoms with Crippen LogP contribution in [0.25, 0.3) is 5.70 Å². The first kappa shape index (κ1) is 26.3. The summed E-state index contributed by atoms with van der Waals surface area (Å²) in [6.07, 6.45) is 9.86. The highest BCUT2D eigenvalue weighted by Gasteiger charge is 2.31. The van der Waals surface area contributed by atoms with Gasteiger partial charge in [-0.15, -0.1) is 0 Å². The third-order valence-electron chi connectivity index (χ3n) is 7.42. The van der Waals surface area contributed by atoms with Crippen molar-refractivity contribution in [3.63, 3.8) is 0 Å². The molecule has 3 amide bonds. The van der Waals surface area contributed by atoms with Gasteiger partial charge in [0.2, 0.25) is 5.91 Å². The molecule has 1 saturated carbocycles. The van der Waals surface area contributed by atoms with E-state index in [-0.39, 0.29) is 17.8 Å². The molecule has 4 rings (SSSR count). The van der Waals surface area contributed by atoms with Gasteiger partial charge in [0.1, 0.15) is 5.82 Å². The van der Waals surface area contributed by atoms with E-state index in [4.69, 9.17) is 11.5 Å². The lowest BCUT2D eigenvalue weighted by Gasteiger charge is -2.37. The molecule has 1 saturated heterocycles. The summed E-state index contributed by atoms with van der Waals surface area (Å²) in [5, 5.41) is 6.36. The summed E-state index contributed by atoms with van der Waals surface area (Å²) in [7, 11) is 0. The van der Waals surface area contributed by atoms with Gasteiger partial charge in [0, 0.05) is 50.2 Å². The number of nitrogens with zero attached hydrogens (tertiary/aromatic N) is 4. The van der Waals surface area contributed by atoms with Gasteiger partial charge in [0.25, 0.3) is 0 Å². The first-order valence-corrected chi connectivity index (χ1v) is 13.0. The van der Waals surface area contributed by atoms with Crippen LogP contribution in [0.1, 0.15) is 52.4 Å². The Morgan fingerprint density at radius 2 is 1.86 bits per heavy atom. The summed E-state index contributed by atoms with van der Waals surface area (Å²) in [5.74, 6) is 0.640. The van der Waals surface area contributed by atoms with Crippen molar-refractivity contribution < 1.29 is 9.59 Å². The second-order valence-corrected chi connectivity index (χ2v) is 10.9. The fourth-order valence-electron chi connectivity index (χ4n) is 5.21. The molecule has 6 N–H and O–H groups in total. The van der Waals surface area contributed by atoms with Crippen molar-refractivity contribution in [3.05, 3.63) is 28.8 Å². The van der Waals surface area contributed by atoms with Crippen molar-refractivity contribution in [2.45, 2.75) is 70.0 Å². The van der Waals surface area contributed by atoms with Gasteiger partial charge < -0.3 is 26.6 Å². The van der Waals surface area contributed by atoms with Crippen LogP contribution in [0, 0.1) is 5.92 Å². The number of amides is 3. The van der Waals surface area contributed by atoms with Gasteiger partial charge in [-0.2, -0.15) is 4.98 Å². The van der Waals surface area contributed by atoms with E-state index in [1.165, 1.54) is 0 Å². The molecular formula is C25H40N8O3. The quantitative estimate of drug-likeness (QED) is 0.450. The van der Waals surface area contributed by atoms with E-state index < -0.39 is 11.2 Å². The van der Waals surface area contributed by atoms with Gasteiger partial charge in [-0.05, 0) is 70.9 Å². The molecule has 0 spiro atoms. The van der Waals surface area contributed by atoms with Crippen LogP contribution in [0.4, 0.5) is 10.6 Å². The molecular weight excluding hydrogens is 460 g/mol. The Labute approximate surface area is 212 Å². The zero-order valence-corrected chi connectivity index (χ0v) is 21.4. The van der Waals surface area contributed by atoms with Gasteiger partial charge in [-0.1, -0.05) is 6.08 Å². The summed E-state index contributed by atoms with van der Waals surface area (Å²) < 4.78 is 1.56. The number of anilines is 1. The lowest BCUT2D eigenvalue weighted by Crippen LogP contribution is -2.58. The second kappa shape index (κ2) is 11.1. The molecule has 36 heavy (non-hydrogen) atoms. The zero-order valence-electron chi connectivity index (χ0n) is 21.4. The van der Waals surface area contributed by atoms with Gasteiger partial charge in [0.05, 0.1) is 5.54 Å². The van der Waals surface area contributed by atoms with Crippen molar-refractivity contribution in [2.24, 2.45) is 17.4 Å². The molecule has 0 bridgehead atoms. The summed E-state index contributed by atoms with van der Waals surface area (Å²) in [4.78, 5) is 45.0. The first-order valence-electron chi connectivity index (χ1n) is 13.0. The van der Waals surface area contributed by atoms with E-state index >= 15 is 0 Å². The van der Waals surface area contributed by atoms with Gasteiger partial charge in [0.15, 0.2) is 0 Å². The number of carbonyl (C=O) groups is 2. The van der Waals surface area contributed by atoms with Crippen LogP contribution in [0.2, 0.25) is 0 Å². The maximum absolute atomic E-state index is 12.7. The van der Waals surface area contributed by atoms with E-state index in [1.54, 1.807) is 40.5 Å². The number of urea groups is 1. The van der Waals surface area contributed by atoms with Crippen LogP contribution in [0.15, 0.2) is 23.1 Å². The smallest absolute Gasteiger partial charge is 0.338 e. The minimum atomic E-state index is -0.937. The highest BCUT2D eigenvalue weighted by atomic mass is 16.2. The molecule has 11 nitrogen and oxygen atoms in total. The normalized spacial score (nSPS) is 25.0. The van der Waals surface area contributed by atoms with E-state index in [2.05, 4.69) is 21.7 Å². The lowest BCUT2D eigenvalue weighted by atomic mass is 9.92. The standard InChI is InChI=1S/C25H40N8O3/c1-25(2,27)22(34)31-11-13-32(14-12-31)23(35)29-21-9-10-33(24(36)30-21)20-7-3-17(4-8-20)16-28-19-6-5-18(26)15-19/h7,9-10,17-19,28H,3-6,8,11-16,26-27H2,1-2H3,(H,29,30,35,36)/t17?,18-,19-/m0/s1. The van der Waals surface area contributed by atoms with Crippen LogP contribution >= 0.6 is 0 Å². The van der Waals surface area contributed by atoms with E-state index in [0.717, 1.165) is 50.8 Å². The Morgan fingerprint density at radius 3 is 2.44 bits per heavy atom. The molecule has 0 aromatic carbocycles. The van der Waals surface area contributed by atoms with Crippen LogP contribution in [0.5, 0.6) is 0 Å². The number of nitrogens with one attached hydrogen (secondary N) is 2. The number of hydrogen-bond donors (Lipinski definition) is 4. The SMILES string of the molecule is CC(C)(N)C(=O)N1CCN(C(=O)Nc2ccn(C3=CCC(CN[C@H]4CC[C@H](N)C4)CC3)c(=O)n2)CC1. The zero-order chi connectivity index (χ0) is 25.9. The highest BCUT2D eigenvalue weighted by Crippen LogP contribution is 2.26. The van der Waals surface area contributed by atoms with E-state index in [1.807, 2.05) is 0 Å². The number of allylic oxidation sites excluding steroid dienone is 2. The minimum Gasteiger partial charge on any atom is -0.338 e. The first-order chi connectivity index (χ1) is 17.1. The lowest BCUT2D eigenvalue weighted by molar-refractivity contribution is -0.137. The van der Waals surface area contributed by atoms with E-state index in [0.29, 0.717) is 44.2 Å². The van der Waals surface area contributed by atoms with Gasteiger partial charge in [-0.3, -0.25) is 14.7 Å². The van der Waals surface area contributed by atoms with Crippen molar-refractivity contribution in [1.82, 2.24) is 24.7 Å². The van der Waals surface area contributed by atoms with Crippen LogP contribution in [0.3, 0.4) is 0 Å². The van der Waals surface area contributed by atoms with Crippen molar-refractivity contribution in [2.75, 3.05) is 38.0 Å². The minimum absolute atomic E-state index is 0.133. The largest absolute Gasteiger partial charge is 0.353 e. The summed E-state index contributed by atoms with van der Waals surface area (Å²) in [6, 6.07) is 2.17. The third kappa shape index (κ3) is 6.51. The Kier molecular flexibility index (Phi) is 8.11. The molecule has 11 heteroatoms. The highest BCUT2D eigenvalue weighted by molar-refractivity contribution is 5.89. The molecule has 1 aromatic rings. The summed E-state index contributed by atoms with van der Waals surface area (Å²) in [6.45, 7) is 5.94. The fraction of sp³-hybridized carbons (Fsp3) is 0.680. The van der Waals surface area contributed by atoms with Crippen molar-refractivity contribution in [1.29, 1.82) is 0 Å².